The van der Waals surface area contributed by atoms with Gasteiger partial charge in [-0.2, -0.15) is 0 Å². The van der Waals surface area contributed by atoms with Crippen LogP contribution in [0.3, 0.4) is 0 Å². The Balaban J connectivity index is 1.59. The van der Waals surface area contributed by atoms with E-state index in [-0.39, 0.29) is 0 Å². The first-order valence-corrected chi connectivity index (χ1v) is 7.95. The molecule has 1 aromatic carbocycles. The molecule has 112 valence electrons. The van der Waals surface area contributed by atoms with Gasteiger partial charge >= 0.3 is 0 Å². The van der Waals surface area contributed by atoms with Crippen LogP contribution in [0, 0.1) is 5.92 Å². The van der Waals surface area contributed by atoms with Crippen molar-refractivity contribution in [3.05, 3.63) is 30.6 Å². The van der Waals surface area contributed by atoms with Crippen LogP contribution in [0.15, 0.2) is 30.6 Å². The molecule has 0 spiro atoms. The lowest BCUT2D eigenvalue weighted by Crippen LogP contribution is -2.39. The van der Waals surface area contributed by atoms with Gasteiger partial charge in [0.1, 0.15) is 0 Å². The molecule has 0 aliphatic carbocycles. The molecule has 2 aromatic rings. The summed E-state index contributed by atoms with van der Waals surface area (Å²) in [4.78, 5) is 18.4. The topological polar surface area (TPSA) is 38.1 Å². The van der Waals surface area contributed by atoms with Crippen LogP contribution >= 0.6 is 0 Å². The van der Waals surface area contributed by atoms with E-state index in [1.807, 2.05) is 17.3 Å². The maximum atomic E-state index is 11.9. The highest BCUT2D eigenvalue weighted by atomic mass is 16.2. The van der Waals surface area contributed by atoms with Crippen molar-refractivity contribution < 1.29 is 4.79 Å². The molecule has 0 bridgehead atoms. The van der Waals surface area contributed by atoms with Crippen LogP contribution in [0.5, 0.6) is 0 Å². The quantitative estimate of drug-likeness (QED) is 0.866. The van der Waals surface area contributed by atoms with E-state index in [1.54, 1.807) is 0 Å². The summed E-state index contributed by atoms with van der Waals surface area (Å²) in [6.07, 6.45) is 5.78. The largest absolute Gasteiger partial charge is 0.343 e. The summed E-state index contributed by atoms with van der Waals surface area (Å²) < 4.78 is 2.25. The normalized spacial score (nSPS) is 16.5. The van der Waals surface area contributed by atoms with Crippen LogP contribution in [-0.4, -0.2) is 33.4 Å². The van der Waals surface area contributed by atoms with E-state index >= 15 is 0 Å². The third kappa shape index (κ3) is 3.09. The van der Waals surface area contributed by atoms with Crippen LogP contribution in [0.2, 0.25) is 0 Å². The van der Waals surface area contributed by atoms with E-state index in [1.165, 1.54) is 5.52 Å². The van der Waals surface area contributed by atoms with Crippen molar-refractivity contribution in [2.75, 3.05) is 13.1 Å². The van der Waals surface area contributed by atoms with Crippen LogP contribution in [0.25, 0.3) is 11.0 Å². The van der Waals surface area contributed by atoms with Crippen LogP contribution < -0.4 is 0 Å². The van der Waals surface area contributed by atoms with Crippen molar-refractivity contribution in [3.8, 4) is 0 Å². The van der Waals surface area contributed by atoms with E-state index in [4.69, 9.17) is 0 Å². The number of carbonyl (C=O) groups is 1. The van der Waals surface area contributed by atoms with Crippen molar-refractivity contribution in [2.24, 2.45) is 5.92 Å². The molecule has 4 nitrogen and oxygen atoms in total. The standard InChI is InChI=1S/C17H23N3O/c1-2-5-17(21)19-10-8-14(9-11-19)12-20-13-18-15-6-3-4-7-16(15)20/h3-4,6-7,13-14H,2,5,8-12H2,1H3. The third-order valence-electron chi connectivity index (χ3n) is 4.41. The van der Waals surface area contributed by atoms with Gasteiger partial charge in [-0.05, 0) is 37.3 Å². The van der Waals surface area contributed by atoms with Crippen molar-refractivity contribution in [1.29, 1.82) is 0 Å². The molecule has 1 aromatic heterocycles. The van der Waals surface area contributed by atoms with Gasteiger partial charge in [0.25, 0.3) is 0 Å². The highest BCUT2D eigenvalue weighted by molar-refractivity contribution is 5.76. The van der Waals surface area contributed by atoms with Gasteiger partial charge in [-0.15, -0.1) is 0 Å². The first-order chi connectivity index (χ1) is 10.3. The van der Waals surface area contributed by atoms with Crippen LogP contribution in [-0.2, 0) is 11.3 Å². The van der Waals surface area contributed by atoms with Crippen molar-refractivity contribution in [1.82, 2.24) is 14.5 Å². The third-order valence-corrected chi connectivity index (χ3v) is 4.41. The van der Waals surface area contributed by atoms with Gasteiger partial charge in [0, 0.05) is 26.1 Å². The number of nitrogens with zero attached hydrogens (tertiary/aromatic N) is 3. The maximum absolute atomic E-state index is 11.9. The highest BCUT2D eigenvalue weighted by Crippen LogP contribution is 2.22. The van der Waals surface area contributed by atoms with Gasteiger partial charge in [-0.3, -0.25) is 4.79 Å². The summed E-state index contributed by atoms with van der Waals surface area (Å²) in [5, 5.41) is 0. The first kappa shape index (κ1) is 14.1. The second kappa shape index (κ2) is 6.29. The first-order valence-electron chi connectivity index (χ1n) is 7.95. The average Bonchev–Trinajstić information content (AvgIpc) is 2.92. The smallest absolute Gasteiger partial charge is 0.222 e. The summed E-state index contributed by atoms with van der Waals surface area (Å²) in [7, 11) is 0. The average molecular weight is 285 g/mol. The van der Waals surface area contributed by atoms with E-state index in [0.29, 0.717) is 18.2 Å². The highest BCUT2D eigenvalue weighted by Gasteiger charge is 2.22. The Morgan fingerprint density at radius 1 is 1.29 bits per heavy atom. The fraction of sp³-hybridized carbons (Fsp3) is 0.529. The molecule has 4 heteroatoms. The minimum atomic E-state index is 0.323. The number of para-hydroxylation sites is 2. The van der Waals surface area contributed by atoms with Crippen molar-refractivity contribution in [2.45, 2.75) is 39.2 Å². The van der Waals surface area contributed by atoms with Gasteiger partial charge in [0.05, 0.1) is 17.4 Å². The van der Waals surface area contributed by atoms with Crippen LogP contribution in [0.4, 0.5) is 0 Å². The lowest BCUT2D eigenvalue weighted by Gasteiger charge is -2.32. The molecule has 1 amide bonds. The van der Waals surface area contributed by atoms with E-state index < -0.39 is 0 Å². The Morgan fingerprint density at radius 2 is 2.05 bits per heavy atom. The molecular formula is C17H23N3O. The molecule has 1 aliphatic rings. The summed E-state index contributed by atoms with van der Waals surface area (Å²) >= 11 is 0. The Hall–Kier alpha value is -1.84. The number of amides is 1. The zero-order valence-corrected chi connectivity index (χ0v) is 12.7. The molecular weight excluding hydrogens is 262 g/mol. The number of carbonyl (C=O) groups excluding carboxylic acids is 1. The molecule has 0 N–H and O–H groups in total. The number of benzene rings is 1. The Bertz CT molecular complexity index is 611. The van der Waals surface area contributed by atoms with Crippen LogP contribution in [0.1, 0.15) is 32.6 Å². The van der Waals surface area contributed by atoms with Gasteiger partial charge in [0.15, 0.2) is 0 Å². The maximum Gasteiger partial charge on any atom is 0.222 e. The number of imidazole rings is 1. The summed E-state index contributed by atoms with van der Waals surface area (Å²) in [5.74, 6) is 0.970. The lowest BCUT2D eigenvalue weighted by molar-refractivity contribution is -0.132. The number of hydrogen-bond donors (Lipinski definition) is 0. The fourth-order valence-corrected chi connectivity index (χ4v) is 3.17. The monoisotopic (exact) mass is 285 g/mol. The zero-order chi connectivity index (χ0) is 14.7. The van der Waals surface area contributed by atoms with Gasteiger partial charge in [-0.1, -0.05) is 19.1 Å². The number of hydrogen-bond acceptors (Lipinski definition) is 2. The molecule has 0 radical (unpaired) electrons. The molecule has 1 saturated heterocycles. The summed E-state index contributed by atoms with van der Waals surface area (Å²) in [5.41, 5.74) is 2.27. The predicted octanol–water partition coefficient (Wildman–Crippen LogP) is 3.08. The Labute approximate surface area is 125 Å². The lowest BCUT2D eigenvalue weighted by atomic mass is 9.96. The fourth-order valence-electron chi connectivity index (χ4n) is 3.17. The molecule has 0 unspecified atom stereocenters. The molecule has 3 rings (SSSR count). The summed E-state index contributed by atoms with van der Waals surface area (Å²) in [6, 6.07) is 8.27. The second-order valence-electron chi connectivity index (χ2n) is 5.96. The van der Waals surface area contributed by atoms with Gasteiger partial charge in [0.2, 0.25) is 5.91 Å². The Kier molecular flexibility index (Phi) is 4.23. The van der Waals surface area contributed by atoms with E-state index in [0.717, 1.165) is 44.4 Å². The number of likely N-dealkylation sites (tertiary alicyclic amines) is 1. The molecule has 0 saturated carbocycles. The zero-order valence-electron chi connectivity index (χ0n) is 12.7. The SMILES string of the molecule is CCCC(=O)N1CCC(Cn2cnc3ccccc32)CC1. The van der Waals surface area contributed by atoms with Crippen molar-refractivity contribution >= 4 is 16.9 Å². The molecule has 1 aliphatic heterocycles. The molecule has 2 heterocycles. The van der Waals surface area contributed by atoms with E-state index in [9.17, 15) is 4.79 Å². The Morgan fingerprint density at radius 3 is 2.81 bits per heavy atom. The molecule has 21 heavy (non-hydrogen) atoms. The minimum absolute atomic E-state index is 0.323. The van der Waals surface area contributed by atoms with E-state index in [2.05, 4.69) is 34.7 Å². The van der Waals surface area contributed by atoms with Crippen molar-refractivity contribution in [3.63, 3.8) is 0 Å². The number of piperidine rings is 1. The number of rotatable bonds is 4. The van der Waals surface area contributed by atoms with Gasteiger partial charge < -0.3 is 9.47 Å². The summed E-state index contributed by atoms with van der Waals surface area (Å²) in [6.45, 7) is 4.90. The second-order valence-corrected chi connectivity index (χ2v) is 5.96. The minimum Gasteiger partial charge on any atom is -0.343 e. The number of fused-ring (bicyclic) bond motifs is 1. The molecule has 1 fully saturated rings. The number of aromatic nitrogens is 2. The van der Waals surface area contributed by atoms with Gasteiger partial charge in [-0.25, -0.2) is 4.98 Å². The molecule has 0 atom stereocenters. The predicted molar refractivity (Wildman–Crippen MR) is 83.9 cm³/mol.